The Morgan fingerprint density at radius 1 is 0.952 bits per heavy atom. The van der Waals surface area contributed by atoms with Gasteiger partial charge in [0.2, 0.25) is 5.82 Å². The standard InChI is InChI=1S/C12H11F5N4/c1-2-3-6-12(18)19-20-21(6)4-5-7(13)9(15)11(17)10(16)8(5)14/h2-4,18H2,1H3. The highest BCUT2D eigenvalue weighted by atomic mass is 19.2. The molecule has 2 aromatic rings. The highest BCUT2D eigenvalue weighted by molar-refractivity contribution is 5.34. The Kier molecular flexibility index (Phi) is 4.10. The maximum atomic E-state index is 13.6. The highest BCUT2D eigenvalue weighted by Gasteiger charge is 2.26. The lowest BCUT2D eigenvalue weighted by Crippen LogP contribution is -2.14. The van der Waals surface area contributed by atoms with E-state index < -0.39 is 41.2 Å². The van der Waals surface area contributed by atoms with Crippen LogP contribution < -0.4 is 5.73 Å². The largest absolute Gasteiger partial charge is 0.381 e. The summed E-state index contributed by atoms with van der Waals surface area (Å²) >= 11 is 0. The van der Waals surface area contributed by atoms with Gasteiger partial charge in [0.1, 0.15) is 0 Å². The fourth-order valence-corrected chi connectivity index (χ4v) is 1.91. The van der Waals surface area contributed by atoms with Gasteiger partial charge in [-0.3, -0.25) is 0 Å². The molecule has 0 aliphatic rings. The molecule has 21 heavy (non-hydrogen) atoms. The van der Waals surface area contributed by atoms with E-state index in [0.29, 0.717) is 18.5 Å². The third-order valence-electron chi connectivity index (χ3n) is 2.96. The average molecular weight is 306 g/mol. The molecule has 0 amide bonds. The molecule has 0 fully saturated rings. The maximum absolute atomic E-state index is 13.6. The van der Waals surface area contributed by atoms with Gasteiger partial charge >= 0.3 is 0 Å². The molecule has 2 N–H and O–H groups in total. The van der Waals surface area contributed by atoms with Crippen LogP contribution >= 0.6 is 0 Å². The van der Waals surface area contributed by atoms with Crippen molar-refractivity contribution in [2.24, 2.45) is 0 Å². The van der Waals surface area contributed by atoms with Crippen molar-refractivity contribution in [3.63, 3.8) is 0 Å². The SMILES string of the molecule is CCCc1c(N)nnn1Cc1c(F)c(F)c(F)c(F)c1F. The topological polar surface area (TPSA) is 56.7 Å². The molecule has 0 atom stereocenters. The number of anilines is 1. The van der Waals surface area contributed by atoms with Crippen molar-refractivity contribution >= 4 is 5.82 Å². The molecule has 0 bridgehead atoms. The van der Waals surface area contributed by atoms with E-state index in [1.165, 1.54) is 0 Å². The Balaban J connectivity index is 2.50. The lowest BCUT2D eigenvalue weighted by atomic mass is 10.1. The van der Waals surface area contributed by atoms with Crippen molar-refractivity contribution < 1.29 is 22.0 Å². The van der Waals surface area contributed by atoms with Crippen LogP contribution in [0.1, 0.15) is 24.6 Å². The molecule has 1 aromatic carbocycles. The Bertz CT molecular complexity index is 654. The number of hydrogen-bond acceptors (Lipinski definition) is 3. The van der Waals surface area contributed by atoms with E-state index in [9.17, 15) is 22.0 Å². The minimum Gasteiger partial charge on any atom is -0.381 e. The normalized spacial score (nSPS) is 11.1. The quantitative estimate of drug-likeness (QED) is 0.536. The molecule has 0 aliphatic carbocycles. The maximum Gasteiger partial charge on any atom is 0.200 e. The molecule has 0 saturated carbocycles. The van der Waals surface area contributed by atoms with Crippen molar-refractivity contribution in [1.29, 1.82) is 0 Å². The number of nitrogens with two attached hydrogens (primary N) is 1. The molecule has 1 heterocycles. The number of nitrogen functional groups attached to an aromatic ring is 1. The predicted octanol–water partition coefficient (Wildman–Crippen LogP) is 2.56. The van der Waals surface area contributed by atoms with Gasteiger partial charge in [-0.05, 0) is 6.42 Å². The first-order valence-corrected chi connectivity index (χ1v) is 6.06. The van der Waals surface area contributed by atoms with Crippen molar-refractivity contribution in [3.05, 3.63) is 40.3 Å². The van der Waals surface area contributed by atoms with Gasteiger partial charge in [-0.2, -0.15) is 0 Å². The van der Waals surface area contributed by atoms with E-state index in [0.717, 1.165) is 4.68 Å². The van der Waals surface area contributed by atoms with Crippen LogP contribution in [0.15, 0.2) is 0 Å². The van der Waals surface area contributed by atoms with E-state index in [-0.39, 0.29) is 5.82 Å². The first kappa shape index (κ1) is 15.2. The number of rotatable bonds is 4. The van der Waals surface area contributed by atoms with E-state index in [1.54, 1.807) is 0 Å². The van der Waals surface area contributed by atoms with Gasteiger partial charge < -0.3 is 5.73 Å². The number of hydrogen-bond donors (Lipinski definition) is 1. The number of halogens is 5. The number of aromatic nitrogens is 3. The summed E-state index contributed by atoms with van der Waals surface area (Å²) < 4.78 is 67.4. The zero-order valence-corrected chi connectivity index (χ0v) is 10.9. The Labute approximate surface area is 116 Å². The summed E-state index contributed by atoms with van der Waals surface area (Å²) in [6, 6.07) is 0. The van der Waals surface area contributed by atoms with Gasteiger partial charge in [0, 0.05) is 0 Å². The third kappa shape index (κ3) is 2.55. The number of nitrogens with zero attached hydrogens (tertiary/aromatic N) is 3. The van der Waals surface area contributed by atoms with E-state index in [4.69, 9.17) is 5.73 Å². The summed E-state index contributed by atoms with van der Waals surface area (Å²) in [5.74, 6) is -9.89. The van der Waals surface area contributed by atoms with Crippen molar-refractivity contribution in [1.82, 2.24) is 15.0 Å². The van der Waals surface area contributed by atoms with Gasteiger partial charge in [0.25, 0.3) is 0 Å². The second-order valence-corrected chi connectivity index (χ2v) is 4.38. The Hall–Kier alpha value is -2.19. The summed E-state index contributed by atoms with van der Waals surface area (Å²) in [4.78, 5) is 0. The lowest BCUT2D eigenvalue weighted by Gasteiger charge is -2.10. The summed E-state index contributed by atoms with van der Waals surface area (Å²) in [5, 5.41) is 7.10. The van der Waals surface area contributed by atoms with Crippen LogP contribution in [0.25, 0.3) is 0 Å². The molecule has 114 valence electrons. The molecule has 0 saturated heterocycles. The fourth-order valence-electron chi connectivity index (χ4n) is 1.91. The third-order valence-corrected chi connectivity index (χ3v) is 2.96. The van der Waals surface area contributed by atoms with E-state index in [2.05, 4.69) is 10.3 Å². The zero-order chi connectivity index (χ0) is 15.7. The van der Waals surface area contributed by atoms with Crippen molar-refractivity contribution in [2.45, 2.75) is 26.3 Å². The molecular weight excluding hydrogens is 295 g/mol. The van der Waals surface area contributed by atoms with Crippen LogP contribution in [0.3, 0.4) is 0 Å². The number of benzene rings is 1. The van der Waals surface area contributed by atoms with Gasteiger partial charge in [0.15, 0.2) is 29.1 Å². The summed E-state index contributed by atoms with van der Waals surface area (Å²) in [5.41, 5.74) is 4.95. The summed E-state index contributed by atoms with van der Waals surface area (Å²) in [6.07, 6.45) is 1.06. The first-order chi connectivity index (χ1) is 9.88. The van der Waals surface area contributed by atoms with Crippen LogP contribution in [0.4, 0.5) is 27.8 Å². The monoisotopic (exact) mass is 306 g/mol. The van der Waals surface area contributed by atoms with Crippen LogP contribution in [0.5, 0.6) is 0 Å². The first-order valence-electron chi connectivity index (χ1n) is 6.06. The molecule has 0 spiro atoms. The zero-order valence-electron chi connectivity index (χ0n) is 10.9. The van der Waals surface area contributed by atoms with Crippen LogP contribution in [0.2, 0.25) is 0 Å². The molecule has 4 nitrogen and oxygen atoms in total. The van der Waals surface area contributed by atoms with Gasteiger partial charge in [0.05, 0.1) is 17.8 Å². The fraction of sp³-hybridized carbons (Fsp3) is 0.333. The molecular formula is C12H11F5N4. The smallest absolute Gasteiger partial charge is 0.200 e. The van der Waals surface area contributed by atoms with Gasteiger partial charge in [-0.1, -0.05) is 18.6 Å². The van der Waals surface area contributed by atoms with Crippen molar-refractivity contribution in [3.8, 4) is 0 Å². The van der Waals surface area contributed by atoms with E-state index >= 15 is 0 Å². The van der Waals surface area contributed by atoms with Gasteiger partial charge in [-0.25, -0.2) is 26.6 Å². The second-order valence-electron chi connectivity index (χ2n) is 4.38. The molecule has 2 rings (SSSR count). The molecule has 9 heteroatoms. The minimum absolute atomic E-state index is 0.0562. The lowest BCUT2D eigenvalue weighted by molar-refractivity contribution is 0.366. The Morgan fingerprint density at radius 3 is 2.00 bits per heavy atom. The molecule has 0 radical (unpaired) electrons. The Morgan fingerprint density at radius 2 is 1.48 bits per heavy atom. The van der Waals surface area contributed by atoms with Crippen LogP contribution in [-0.4, -0.2) is 15.0 Å². The highest BCUT2D eigenvalue weighted by Crippen LogP contribution is 2.24. The summed E-state index contributed by atoms with van der Waals surface area (Å²) in [7, 11) is 0. The van der Waals surface area contributed by atoms with Crippen LogP contribution in [-0.2, 0) is 13.0 Å². The van der Waals surface area contributed by atoms with Crippen LogP contribution in [0, 0.1) is 29.1 Å². The average Bonchev–Trinajstić information content (AvgIpc) is 2.81. The molecule has 0 aliphatic heterocycles. The predicted molar refractivity (Wildman–Crippen MR) is 63.8 cm³/mol. The molecule has 1 aromatic heterocycles. The van der Waals surface area contributed by atoms with E-state index in [1.807, 2.05) is 6.92 Å². The summed E-state index contributed by atoms with van der Waals surface area (Å²) in [6.45, 7) is 1.18. The van der Waals surface area contributed by atoms with Gasteiger partial charge in [-0.15, -0.1) is 5.10 Å². The minimum atomic E-state index is -2.19. The van der Waals surface area contributed by atoms with Crippen molar-refractivity contribution in [2.75, 3.05) is 5.73 Å². The molecule has 0 unspecified atom stereocenters. The second kappa shape index (κ2) is 5.66.